The molecule has 0 spiro atoms. The number of hydrogen-bond acceptors (Lipinski definition) is 3. The maximum absolute atomic E-state index is 11.8. The van der Waals surface area contributed by atoms with Gasteiger partial charge in [0.05, 0.1) is 5.39 Å². The average molecular weight is 251 g/mol. The van der Waals surface area contributed by atoms with Gasteiger partial charge in [-0.3, -0.25) is 4.79 Å². The van der Waals surface area contributed by atoms with E-state index in [0.717, 1.165) is 0 Å². The van der Waals surface area contributed by atoms with Crippen molar-refractivity contribution in [2.24, 2.45) is 0 Å². The van der Waals surface area contributed by atoms with Gasteiger partial charge >= 0.3 is 5.97 Å². The van der Waals surface area contributed by atoms with Crippen LogP contribution in [-0.4, -0.2) is 20.6 Å². The van der Waals surface area contributed by atoms with Gasteiger partial charge < -0.3 is 9.67 Å². The zero-order chi connectivity index (χ0) is 12.6. The van der Waals surface area contributed by atoms with E-state index in [1.807, 2.05) is 0 Å². The predicted molar refractivity (Wildman–Crippen MR) is 64.4 cm³/mol. The van der Waals surface area contributed by atoms with E-state index in [1.54, 1.807) is 0 Å². The van der Waals surface area contributed by atoms with Crippen LogP contribution in [0.4, 0.5) is 0 Å². The third-order valence-electron chi connectivity index (χ3n) is 2.27. The minimum atomic E-state index is -1.29. The Morgan fingerprint density at radius 3 is 2.82 bits per heavy atom. The summed E-state index contributed by atoms with van der Waals surface area (Å²) in [6, 6.07) is 2.88. The Bertz CT molecular complexity index is 691. The van der Waals surface area contributed by atoms with Crippen LogP contribution in [0.1, 0.15) is 10.4 Å². The molecule has 17 heavy (non-hydrogen) atoms. The van der Waals surface area contributed by atoms with Crippen LogP contribution in [0.15, 0.2) is 29.7 Å². The van der Waals surface area contributed by atoms with Gasteiger partial charge in [0.25, 0.3) is 0 Å². The maximum atomic E-state index is 11.8. The van der Waals surface area contributed by atoms with E-state index in [4.69, 9.17) is 16.7 Å². The molecule has 5 nitrogen and oxygen atoms in total. The van der Waals surface area contributed by atoms with Gasteiger partial charge in [-0.25, -0.2) is 9.78 Å². The zero-order valence-electron chi connectivity index (χ0n) is 8.55. The summed E-state index contributed by atoms with van der Waals surface area (Å²) in [5.41, 5.74) is -0.640. The van der Waals surface area contributed by atoms with Crippen LogP contribution in [0, 0.1) is 0 Å². The molecule has 2 heterocycles. The Hall–Kier alpha value is -2.14. The third-order valence-corrected chi connectivity index (χ3v) is 2.48. The Morgan fingerprint density at radius 2 is 2.24 bits per heavy atom. The topological polar surface area (TPSA) is 72.2 Å². The highest BCUT2D eigenvalue weighted by Crippen LogP contribution is 2.13. The van der Waals surface area contributed by atoms with Crippen LogP contribution < -0.4 is 5.43 Å². The normalized spacial score (nSPS) is 10.4. The number of fused-ring (bicyclic) bond motifs is 1. The number of carbonyl (C=O) groups is 1. The summed E-state index contributed by atoms with van der Waals surface area (Å²) < 4.78 is 1.35. The van der Waals surface area contributed by atoms with Crippen molar-refractivity contribution in [2.45, 2.75) is 0 Å². The Kier molecular flexibility index (Phi) is 2.69. The summed E-state index contributed by atoms with van der Waals surface area (Å²) >= 11 is 5.73. The van der Waals surface area contributed by atoms with Crippen LogP contribution in [-0.2, 0) is 0 Å². The summed E-state index contributed by atoms with van der Waals surface area (Å²) in [5, 5.41) is 9.31. The van der Waals surface area contributed by atoms with Crippen LogP contribution in [0.3, 0.4) is 0 Å². The summed E-state index contributed by atoms with van der Waals surface area (Å²) in [5.74, 6) is -1.29. The van der Waals surface area contributed by atoms with Gasteiger partial charge in [0.1, 0.15) is 16.4 Å². The first-order valence-electron chi connectivity index (χ1n) is 4.62. The smallest absolute Gasteiger partial charge is 0.341 e. The van der Waals surface area contributed by atoms with Crippen LogP contribution in [0.2, 0.25) is 5.15 Å². The van der Waals surface area contributed by atoms with Crippen molar-refractivity contribution in [3.63, 3.8) is 0 Å². The third kappa shape index (κ3) is 1.81. The molecule has 0 aliphatic carbocycles. The molecule has 0 amide bonds. The standard InChI is InChI=1S/C11H7ClN2O3/c1-2-14-5-7(11(16)17)9(15)6-3-4-8(12)13-10(6)14/h2-5H,1H2,(H,16,17). The molecule has 0 aromatic carbocycles. The van der Waals surface area contributed by atoms with E-state index in [0.29, 0.717) is 0 Å². The van der Waals surface area contributed by atoms with Crippen molar-refractivity contribution in [1.82, 2.24) is 9.55 Å². The lowest BCUT2D eigenvalue weighted by Gasteiger charge is -2.06. The Morgan fingerprint density at radius 1 is 1.53 bits per heavy atom. The molecule has 6 heteroatoms. The maximum Gasteiger partial charge on any atom is 0.341 e. The number of halogens is 1. The van der Waals surface area contributed by atoms with Gasteiger partial charge in [-0.2, -0.15) is 0 Å². The number of carboxylic acid groups (broad SMARTS) is 1. The lowest BCUT2D eigenvalue weighted by Crippen LogP contribution is -2.18. The van der Waals surface area contributed by atoms with Crippen molar-refractivity contribution in [3.05, 3.63) is 45.8 Å². The lowest BCUT2D eigenvalue weighted by molar-refractivity contribution is 0.0695. The minimum absolute atomic E-state index is 0.189. The number of aromatic carboxylic acids is 1. The molecule has 0 radical (unpaired) electrons. The Labute approximate surface area is 101 Å². The van der Waals surface area contributed by atoms with Gasteiger partial charge in [0.15, 0.2) is 0 Å². The average Bonchev–Trinajstić information content (AvgIpc) is 2.29. The first-order valence-corrected chi connectivity index (χ1v) is 4.99. The van der Waals surface area contributed by atoms with E-state index in [-0.39, 0.29) is 21.7 Å². The Balaban J connectivity index is 3.00. The van der Waals surface area contributed by atoms with E-state index in [2.05, 4.69) is 11.6 Å². The van der Waals surface area contributed by atoms with Gasteiger partial charge in [0.2, 0.25) is 5.43 Å². The van der Waals surface area contributed by atoms with Crippen LogP contribution in [0.5, 0.6) is 0 Å². The van der Waals surface area contributed by atoms with Crippen LogP contribution in [0.25, 0.3) is 17.2 Å². The predicted octanol–water partition coefficient (Wildman–Crippen LogP) is 1.85. The molecule has 0 saturated heterocycles. The number of hydrogen-bond donors (Lipinski definition) is 1. The molecule has 1 N–H and O–H groups in total. The fraction of sp³-hybridized carbons (Fsp3) is 0. The van der Waals surface area contributed by atoms with Crippen molar-refractivity contribution in [2.75, 3.05) is 0 Å². The fourth-order valence-electron chi connectivity index (χ4n) is 1.49. The van der Waals surface area contributed by atoms with Gasteiger partial charge in [-0.05, 0) is 12.1 Å². The number of rotatable bonds is 2. The minimum Gasteiger partial charge on any atom is -0.477 e. The zero-order valence-corrected chi connectivity index (χ0v) is 9.31. The molecule has 0 bridgehead atoms. The highest BCUT2D eigenvalue weighted by Gasteiger charge is 2.14. The quantitative estimate of drug-likeness (QED) is 0.826. The molecule has 0 saturated carbocycles. The van der Waals surface area contributed by atoms with Crippen molar-refractivity contribution in [3.8, 4) is 0 Å². The lowest BCUT2D eigenvalue weighted by atomic mass is 10.2. The molecular weight excluding hydrogens is 244 g/mol. The van der Waals surface area contributed by atoms with Gasteiger partial charge in [-0.1, -0.05) is 18.2 Å². The summed E-state index contributed by atoms with van der Waals surface area (Å²) in [7, 11) is 0. The molecule has 2 aromatic rings. The first kappa shape index (κ1) is 11.3. The number of aromatic nitrogens is 2. The number of carboxylic acids is 1. The second-order valence-electron chi connectivity index (χ2n) is 3.27. The second kappa shape index (κ2) is 4.03. The van der Waals surface area contributed by atoms with E-state index in [9.17, 15) is 9.59 Å². The molecule has 86 valence electrons. The summed E-state index contributed by atoms with van der Waals surface area (Å²) in [4.78, 5) is 26.7. The molecule has 0 aliphatic rings. The van der Waals surface area contributed by atoms with E-state index < -0.39 is 11.4 Å². The highest BCUT2D eigenvalue weighted by molar-refractivity contribution is 6.29. The molecule has 0 atom stereocenters. The van der Waals surface area contributed by atoms with Crippen LogP contribution >= 0.6 is 11.6 Å². The molecule has 0 unspecified atom stereocenters. The summed E-state index contributed by atoms with van der Waals surface area (Å²) in [6.45, 7) is 3.53. The molecule has 0 aliphatic heterocycles. The molecule has 0 fully saturated rings. The number of pyridine rings is 2. The second-order valence-corrected chi connectivity index (χ2v) is 3.66. The van der Waals surface area contributed by atoms with Crippen molar-refractivity contribution >= 4 is 34.8 Å². The monoisotopic (exact) mass is 250 g/mol. The number of nitrogens with zero attached hydrogens (tertiary/aromatic N) is 2. The largest absolute Gasteiger partial charge is 0.477 e. The van der Waals surface area contributed by atoms with Crippen molar-refractivity contribution in [1.29, 1.82) is 0 Å². The van der Waals surface area contributed by atoms with E-state index in [1.165, 1.54) is 29.1 Å². The summed E-state index contributed by atoms with van der Waals surface area (Å²) in [6.07, 6.45) is 2.53. The molecule has 2 aromatic heterocycles. The highest BCUT2D eigenvalue weighted by atomic mass is 35.5. The molecule has 2 rings (SSSR count). The fourth-order valence-corrected chi connectivity index (χ4v) is 1.64. The van der Waals surface area contributed by atoms with E-state index >= 15 is 0 Å². The SMILES string of the molecule is C=Cn1cc(C(=O)O)c(=O)c2ccc(Cl)nc21. The van der Waals surface area contributed by atoms with Gasteiger partial charge in [0, 0.05) is 12.4 Å². The molecular formula is C11H7ClN2O3. The van der Waals surface area contributed by atoms with Gasteiger partial charge in [-0.15, -0.1) is 0 Å². The first-order chi connectivity index (χ1) is 8.04. The van der Waals surface area contributed by atoms with Crippen molar-refractivity contribution < 1.29 is 9.90 Å².